The van der Waals surface area contributed by atoms with Crippen LogP contribution < -0.4 is 5.32 Å². The molecule has 0 radical (unpaired) electrons. The summed E-state index contributed by atoms with van der Waals surface area (Å²) in [4.78, 5) is 21.1. The number of non-ortho nitro benzene ring substituents is 1. The molecule has 0 saturated carbocycles. The van der Waals surface area contributed by atoms with Crippen LogP contribution in [0.15, 0.2) is 24.3 Å². The molecule has 0 atom stereocenters. The van der Waals surface area contributed by atoms with E-state index in [0.29, 0.717) is 0 Å². The Morgan fingerprint density at radius 1 is 1.35 bits per heavy atom. The molecule has 0 spiro atoms. The Hall–Kier alpha value is -2.00. The smallest absolute Gasteiger partial charge is 0.269 e. The number of rotatable bonds is 5. The first kappa shape index (κ1) is 13.1. The Morgan fingerprint density at radius 3 is 2.41 bits per heavy atom. The van der Waals surface area contributed by atoms with Gasteiger partial charge in [-0.25, -0.2) is 8.42 Å². The molecule has 0 saturated heterocycles. The van der Waals surface area contributed by atoms with E-state index in [-0.39, 0.29) is 11.3 Å². The molecule has 0 aliphatic carbocycles. The number of nitro groups is 1. The molecule has 0 heterocycles. The van der Waals surface area contributed by atoms with Gasteiger partial charge in [0.1, 0.15) is 6.73 Å². The van der Waals surface area contributed by atoms with Gasteiger partial charge in [-0.3, -0.25) is 19.1 Å². The third-order valence-corrected chi connectivity index (χ3v) is 2.08. The normalized spacial score (nSPS) is 10.2. The number of hydrogen-bond donors (Lipinski definition) is 2. The molecule has 0 bridgehead atoms. The van der Waals surface area contributed by atoms with E-state index in [9.17, 15) is 23.3 Å². The number of amides is 1. The molecule has 0 aliphatic rings. The number of benzene rings is 1. The highest BCUT2D eigenvalue weighted by atomic mass is 32.2. The lowest BCUT2D eigenvalue weighted by Gasteiger charge is -2.02. The quantitative estimate of drug-likeness (QED) is 0.328. The molecule has 0 aromatic heterocycles. The largest absolute Gasteiger partial charge is 0.328 e. The van der Waals surface area contributed by atoms with Gasteiger partial charge in [-0.2, -0.15) is 0 Å². The highest BCUT2D eigenvalue weighted by Gasteiger charge is 2.08. The second-order valence-corrected chi connectivity index (χ2v) is 3.51. The van der Waals surface area contributed by atoms with Gasteiger partial charge in [-0.15, -0.1) is 0 Å². The summed E-state index contributed by atoms with van der Waals surface area (Å²) in [5.41, 5.74) is 0.0285. The minimum atomic E-state index is -3.02. The number of nitrogens with zero attached hydrogens (tertiary/aromatic N) is 1. The third kappa shape index (κ3) is 4.17. The number of nitro benzene ring substituents is 1. The van der Waals surface area contributed by atoms with Crippen LogP contribution >= 0.6 is 0 Å². The highest BCUT2D eigenvalue weighted by molar-refractivity contribution is 7.67. The predicted molar refractivity (Wildman–Crippen MR) is 56.8 cm³/mol. The van der Waals surface area contributed by atoms with Crippen LogP contribution in [0.4, 0.5) is 5.69 Å². The number of hydrogen-bond acceptors (Lipinski definition) is 6. The van der Waals surface area contributed by atoms with Crippen LogP contribution in [0.3, 0.4) is 0 Å². The van der Waals surface area contributed by atoms with Crippen LogP contribution in [0.5, 0.6) is 0 Å². The average Bonchev–Trinajstić information content (AvgIpc) is 2.28. The molecule has 1 amide bonds. The van der Waals surface area contributed by atoms with Crippen molar-refractivity contribution in [1.29, 1.82) is 0 Å². The van der Waals surface area contributed by atoms with Crippen molar-refractivity contribution < 1.29 is 22.3 Å². The zero-order valence-corrected chi connectivity index (χ0v) is 9.25. The van der Waals surface area contributed by atoms with E-state index in [1.165, 1.54) is 24.3 Å². The summed E-state index contributed by atoms with van der Waals surface area (Å²) in [5, 5.41) is 12.5. The lowest BCUT2D eigenvalue weighted by Crippen LogP contribution is -2.25. The number of carbonyl (C=O) groups excluding carboxylic acids is 1. The fraction of sp³-hybridized carbons (Fsp3) is 0.125. The first-order valence-electron chi connectivity index (χ1n) is 4.30. The van der Waals surface area contributed by atoms with Crippen LogP contribution in [-0.2, 0) is 15.2 Å². The van der Waals surface area contributed by atoms with Gasteiger partial charge in [0.15, 0.2) is 0 Å². The van der Waals surface area contributed by atoms with Gasteiger partial charge in [0.25, 0.3) is 22.6 Å². The van der Waals surface area contributed by atoms with Gasteiger partial charge in [0.05, 0.1) is 4.92 Å². The topological polar surface area (TPSA) is 116 Å². The van der Waals surface area contributed by atoms with E-state index in [2.05, 4.69) is 9.50 Å². The monoisotopic (exact) mass is 260 g/mol. The highest BCUT2D eigenvalue weighted by Crippen LogP contribution is 2.11. The number of thiol groups is 1. The van der Waals surface area contributed by atoms with Crippen LogP contribution in [0.25, 0.3) is 0 Å². The molecule has 0 fully saturated rings. The van der Waals surface area contributed by atoms with Crippen LogP contribution in [-0.4, -0.2) is 26.0 Å². The molecule has 9 heteroatoms. The molecule has 1 aromatic carbocycles. The number of carbonyl (C=O) groups is 1. The van der Waals surface area contributed by atoms with E-state index < -0.39 is 28.5 Å². The second kappa shape index (κ2) is 5.92. The van der Waals surface area contributed by atoms with Crippen molar-refractivity contribution in [2.75, 3.05) is 6.73 Å². The van der Waals surface area contributed by atoms with Crippen LogP contribution in [0, 0.1) is 10.1 Å². The molecular formula is C8H8N2O6S. The molecular weight excluding hydrogens is 252 g/mol. The molecule has 1 aromatic rings. The fourth-order valence-electron chi connectivity index (χ4n) is 0.987. The second-order valence-electron chi connectivity index (χ2n) is 2.81. The van der Waals surface area contributed by atoms with E-state index >= 15 is 0 Å². The van der Waals surface area contributed by atoms with Crippen molar-refractivity contribution in [3.8, 4) is 0 Å². The van der Waals surface area contributed by atoms with Crippen molar-refractivity contribution in [2.24, 2.45) is 0 Å². The van der Waals surface area contributed by atoms with Gasteiger partial charge >= 0.3 is 0 Å². The van der Waals surface area contributed by atoms with Gasteiger partial charge < -0.3 is 5.32 Å². The first-order chi connectivity index (χ1) is 8.00. The lowest BCUT2D eigenvalue weighted by atomic mass is 10.2. The predicted octanol–water partition coefficient (Wildman–Crippen LogP) is -0.175. The van der Waals surface area contributed by atoms with Gasteiger partial charge in [0.2, 0.25) is 0 Å². The minimum absolute atomic E-state index is 0.138. The average molecular weight is 260 g/mol. The Kier molecular flexibility index (Phi) is 4.55. The van der Waals surface area contributed by atoms with Gasteiger partial charge in [-0.1, -0.05) is 0 Å². The summed E-state index contributed by atoms with van der Waals surface area (Å²) in [6.07, 6.45) is 0. The first-order valence-corrected chi connectivity index (χ1v) is 5.40. The van der Waals surface area contributed by atoms with Crippen LogP contribution in [0.2, 0.25) is 0 Å². The Bertz CT molecular complexity index is 487. The fourth-order valence-corrected chi connectivity index (χ4v) is 1.16. The summed E-state index contributed by atoms with van der Waals surface area (Å²) in [6, 6.07) is 4.85. The summed E-state index contributed by atoms with van der Waals surface area (Å²) >= 11 is 0. The van der Waals surface area contributed by atoms with Crippen molar-refractivity contribution in [3.63, 3.8) is 0 Å². The molecule has 0 aliphatic heterocycles. The Balaban J connectivity index is 2.60. The summed E-state index contributed by atoms with van der Waals surface area (Å²) < 4.78 is 24.2. The van der Waals surface area contributed by atoms with Crippen molar-refractivity contribution in [3.05, 3.63) is 39.9 Å². The number of nitrogens with one attached hydrogen (secondary N) is 1. The minimum Gasteiger partial charge on any atom is -0.328 e. The van der Waals surface area contributed by atoms with E-state index in [1.54, 1.807) is 0 Å². The molecule has 1 N–H and O–H groups in total. The third-order valence-electron chi connectivity index (χ3n) is 1.74. The van der Waals surface area contributed by atoms with Gasteiger partial charge in [-0.05, 0) is 12.1 Å². The van der Waals surface area contributed by atoms with Crippen molar-refractivity contribution >= 4 is 22.6 Å². The SMILES string of the molecule is O=C(NCO[SH](=O)=O)c1ccc([N+](=O)[O-])cc1. The standard InChI is InChI=1S/C8H8N2O6S/c11-8(9-5-16-17(14)15)6-1-3-7(4-2-6)10(12)13/h1-4,17H,5H2,(H,9,11). The summed E-state index contributed by atoms with van der Waals surface area (Å²) in [6.45, 7) is -0.478. The Morgan fingerprint density at radius 2 is 1.94 bits per heavy atom. The maximum absolute atomic E-state index is 11.3. The van der Waals surface area contributed by atoms with E-state index in [1.807, 2.05) is 0 Å². The van der Waals surface area contributed by atoms with Gasteiger partial charge in [0, 0.05) is 17.7 Å². The van der Waals surface area contributed by atoms with Crippen LogP contribution in [0.1, 0.15) is 10.4 Å². The molecule has 17 heavy (non-hydrogen) atoms. The van der Waals surface area contributed by atoms with Crippen molar-refractivity contribution in [2.45, 2.75) is 0 Å². The van der Waals surface area contributed by atoms with Crippen molar-refractivity contribution in [1.82, 2.24) is 5.32 Å². The summed E-state index contributed by atoms with van der Waals surface area (Å²) in [7, 11) is -3.02. The molecule has 1 rings (SSSR count). The van der Waals surface area contributed by atoms with E-state index in [0.717, 1.165) is 0 Å². The zero-order chi connectivity index (χ0) is 12.8. The molecule has 0 unspecified atom stereocenters. The molecule has 8 nitrogen and oxygen atoms in total. The zero-order valence-electron chi connectivity index (χ0n) is 8.36. The maximum atomic E-state index is 11.3. The summed E-state index contributed by atoms with van der Waals surface area (Å²) in [5.74, 6) is -0.586. The maximum Gasteiger partial charge on any atom is 0.269 e. The van der Waals surface area contributed by atoms with E-state index in [4.69, 9.17) is 0 Å². The molecule has 92 valence electrons. The Labute approximate surface area is 97.5 Å². The lowest BCUT2D eigenvalue weighted by molar-refractivity contribution is -0.384.